The van der Waals surface area contributed by atoms with Crippen LogP contribution in [0.3, 0.4) is 0 Å². The first-order valence-electron chi connectivity index (χ1n) is 11.5. The number of nitrogens with zero attached hydrogens (tertiary/aromatic N) is 4. The van der Waals surface area contributed by atoms with E-state index in [-0.39, 0.29) is 17.8 Å². The third kappa shape index (κ3) is 4.50. The summed E-state index contributed by atoms with van der Waals surface area (Å²) < 4.78 is 13.5. The summed E-state index contributed by atoms with van der Waals surface area (Å²) in [6.07, 6.45) is 3.81. The van der Waals surface area contributed by atoms with E-state index in [0.29, 0.717) is 30.6 Å². The Bertz CT molecular complexity index is 1320. The number of amides is 1. The van der Waals surface area contributed by atoms with Crippen molar-refractivity contribution in [2.24, 2.45) is 5.92 Å². The summed E-state index contributed by atoms with van der Waals surface area (Å²) in [4.78, 5) is 30.1. The smallest absolute Gasteiger partial charge is 0.274 e. The number of carbonyl (C=O) groups excluding carboxylic acids is 1. The molecule has 3 heterocycles. The molecule has 0 radical (unpaired) electrons. The minimum Gasteiger partial charge on any atom is -0.352 e. The SMILES string of the molecule is Cc1nc(C(=O)N2CCC[C@@H](C)[C@H]2CNc2ncc3ccccc3n2)c(-c2ccc(F)cc2)s1. The van der Waals surface area contributed by atoms with Crippen LogP contribution in [0.5, 0.6) is 0 Å². The number of benzene rings is 2. The van der Waals surface area contributed by atoms with Gasteiger partial charge in [0.25, 0.3) is 5.91 Å². The average molecular weight is 476 g/mol. The van der Waals surface area contributed by atoms with Crippen LogP contribution in [0.15, 0.2) is 54.7 Å². The van der Waals surface area contributed by atoms with E-state index in [1.807, 2.05) is 42.3 Å². The van der Waals surface area contributed by atoms with Crippen LogP contribution in [-0.4, -0.2) is 44.9 Å². The molecule has 5 rings (SSSR count). The molecule has 174 valence electrons. The Kier molecular flexibility index (Phi) is 6.24. The second-order valence-corrected chi connectivity index (χ2v) is 9.94. The predicted octanol–water partition coefficient (Wildman–Crippen LogP) is 5.55. The first kappa shape index (κ1) is 22.4. The molecule has 0 aliphatic carbocycles. The van der Waals surface area contributed by atoms with Gasteiger partial charge in [-0.1, -0.05) is 37.3 Å². The number of piperidine rings is 1. The summed E-state index contributed by atoms with van der Waals surface area (Å²) in [5, 5.41) is 5.16. The van der Waals surface area contributed by atoms with Crippen LogP contribution < -0.4 is 5.32 Å². The fourth-order valence-corrected chi connectivity index (χ4v) is 5.49. The monoisotopic (exact) mass is 475 g/mol. The zero-order valence-electron chi connectivity index (χ0n) is 19.2. The van der Waals surface area contributed by atoms with Crippen LogP contribution >= 0.6 is 11.3 Å². The summed E-state index contributed by atoms with van der Waals surface area (Å²) >= 11 is 1.46. The van der Waals surface area contributed by atoms with E-state index in [0.717, 1.165) is 39.2 Å². The Morgan fingerprint density at radius 3 is 2.79 bits per heavy atom. The van der Waals surface area contributed by atoms with E-state index in [1.165, 1.54) is 23.5 Å². The van der Waals surface area contributed by atoms with E-state index in [1.54, 1.807) is 12.1 Å². The van der Waals surface area contributed by atoms with Crippen LogP contribution in [0.25, 0.3) is 21.3 Å². The summed E-state index contributed by atoms with van der Waals surface area (Å²) in [5.41, 5.74) is 2.13. The highest BCUT2D eigenvalue weighted by molar-refractivity contribution is 7.15. The zero-order chi connectivity index (χ0) is 23.7. The van der Waals surface area contributed by atoms with E-state index in [4.69, 9.17) is 0 Å². The maximum absolute atomic E-state index is 13.8. The van der Waals surface area contributed by atoms with E-state index in [2.05, 4.69) is 27.2 Å². The summed E-state index contributed by atoms with van der Waals surface area (Å²) in [7, 11) is 0. The Morgan fingerprint density at radius 1 is 1.18 bits per heavy atom. The van der Waals surface area contributed by atoms with Gasteiger partial charge in [-0.2, -0.15) is 0 Å². The standard InChI is InChI=1S/C26H26FN5OS/c1-16-6-5-13-32(22(16)15-29-26-28-14-19-7-3-4-8-21(19)31-26)25(33)23-24(34-17(2)30-23)18-9-11-20(27)12-10-18/h3-4,7-12,14,16,22H,5-6,13,15H2,1-2H3,(H,28,29,31)/t16-,22-/m1/s1. The van der Waals surface area contributed by atoms with Crippen LogP contribution in [0.4, 0.5) is 10.3 Å². The third-order valence-corrected chi connectivity index (χ3v) is 7.40. The number of likely N-dealkylation sites (tertiary alicyclic amines) is 1. The summed E-state index contributed by atoms with van der Waals surface area (Å²) in [5.74, 6) is 0.492. The largest absolute Gasteiger partial charge is 0.352 e. The molecular formula is C26H26FN5OS. The lowest BCUT2D eigenvalue weighted by molar-refractivity contribution is 0.0535. The molecule has 1 saturated heterocycles. The van der Waals surface area contributed by atoms with Gasteiger partial charge < -0.3 is 10.2 Å². The molecule has 1 amide bonds. The molecule has 1 aliphatic rings. The van der Waals surface area contributed by atoms with E-state index < -0.39 is 0 Å². The molecule has 0 spiro atoms. The quantitative estimate of drug-likeness (QED) is 0.410. The molecule has 2 atom stereocenters. The second-order valence-electron chi connectivity index (χ2n) is 8.74. The number of rotatable bonds is 5. The van der Waals surface area contributed by atoms with Crippen molar-refractivity contribution < 1.29 is 9.18 Å². The molecule has 0 saturated carbocycles. The number of anilines is 1. The van der Waals surface area contributed by atoms with E-state index in [9.17, 15) is 9.18 Å². The number of halogens is 1. The first-order valence-corrected chi connectivity index (χ1v) is 12.3. The average Bonchev–Trinajstić information content (AvgIpc) is 3.24. The van der Waals surface area contributed by atoms with Gasteiger partial charge in [-0.25, -0.2) is 19.3 Å². The number of aryl methyl sites for hydroxylation is 1. The number of para-hydroxylation sites is 1. The third-order valence-electron chi connectivity index (χ3n) is 6.38. The van der Waals surface area contributed by atoms with Gasteiger partial charge in [-0.3, -0.25) is 4.79 Å². The van der Waals surface area contributed by atoms with Crippen molar-refractivity contribution in [1.29, 1.82) is 0 Å². The lowest BCUT2D eigenvalue weighted by Crippen LogP contribution is -2.51. The predicted molar refractivity (Wildman–Crippen MR) is 133 cm³/mol. The van der Waals surface area contributed by atoms with Crippen LogP contribution in [-0.2, 0) is 0 Å². The second kappa shape index (κ2) is 9.46. The summed E-state index contributed by atoms with van der Waals surface area (Å²) in [6.45, 7) is 5.30. The van der Waals surface area contributed by atoms with Gasteiger partial charge in [0.15, 0.2) is 0 Å². The molecule has 8 heteroatoms. The highest BCUT2D eigenvalue weighted by Gasteiger charge is 2.34. The van der Waals surface area contributed by atoms with Gasteiger partial charge in [0.2, 0.25) is 5.95 Å². The number of hydrogen-bond donors (Lipinski definition) is 1. The van der Waals surface area contributed by atoms with Crippen molar-refractivity contribution >= 4 is 34.1 Å². The van der Waals surface area contributed by atoms with Crippen LogP contribution in [0, 0.1) is 18.7 Å². The molecular weight excluding hydrogens is 449 g/mol. The molecule has 4 aromatic rings. The first-order chi connectivity index (χ1) is 16.5. The molecule has 1 fully saturated rings. The van der Waals surface area contributed by atoms with Crippen molar-refractivity contribution in [2.45, 2.75) is 32.7 Å². The molecule has 1 aliphatic heterocycles. The molecule has 6 nitrogen and oxygen atoms in total. The van der Waals surface area contributed by atoms with Crippen molar-refractivity contribution in [3.63, 3.8) is 0 Å². The Labute approximate surface area is 201 Å². The zero-order valence-corrected chi connectivity index (χ0v) is 20.0. The minimum atomic E-state index is -0.301. The van der Waals surface area contributed by atoms with Gasteiger partial charge in [0, 0.05) is 24.7 Å². The number of fused-ring (bicyclic) bond motifs is 1. The van der Waals surface area contributed by atoms with Crippen molar-refractivity contribution in [3.05, 3.63) is 71.2 Å². The molecule has 2 aromatic heterocycles. The number of nitrogens with one attached hydrogen (secondary N) is 1. The van der Waals surface area contributed by atoms with Gasteiger partial charge in [0.1, 0.15) is 11.5 Å². The maximum Gasteiger partial charge on any atom is 0.274 e. The topological polar surface area (TPSA) is 71.0 Å². The van der Waals surface area contributed by atoms with Gasteiger partial charge in [-0.15, -0.1) is 11.3 Å². The molecule has 34 heavy (non-hydrogen) atoms. The highest BCUT2D eigenvalue weighted by Crippen LogP contribution is 2.33. The number of aromatic nitrogens is 3. The lowest BCUT2D eigenvalue weighted by Gasteiger charge is -2.40. The fraction of sp³-hybridized carbons (Fsp3) is 0.308. The molecule has 1 N–H and O–H groups in total. The maximum atomic E-state index is 13.8. The molecule has 0 bridgehead atoms. The number of thiazole rings is 1. The Hall–Kier alpha value is -3.39. The lowest BCUT2D eigenvalue weighted by atomic mass is 9.90. The number of hydrogen-bond acceptors (Lipinski definition) is 6. The Morgan fingerprint density at radius 2 is 1.97 bits per heavy atom. The molecule has 2 aromatic carbocycles. The molecule has 0 unspecified atom stereocenters. The van der Waals surface area contributed by atoms with Crippen LogP contribution in [0.1, 0.15) is 35.3 Å². The van der Waals surface area contributed by atoms with Gasteiger partial charge >= 0.3 is 0 Å². The highest BCUT2D eigenvalue weighted by atomic mass is 32.1. The van der Waals surface area contributed by atoms with Gasteiger partial charge in [-0.05, 0) is 49.4 Å². The van der Waals surface area contributed by atoms with E-state index >= 15 is 0 Å². The summed E-state index contributed by atoms with van der Waals surface area (Å²) in [6, 6.07) is 14.1. The fourth-order valence-electron chi connectivity index (χ4n) is 4.57. The number of carbonyl (C=O) groups is 1. The normalized spacial score (nSPS) is 18.3. The minimum absolute atomic E-state index is 0.0144. The van der Waals surface area contributed by atoms with Crippen LogP contribution in [0.2, 0.25) is 0 Å². The van der Waals surface area contributed by atoms with Gasteiger partial charge in [0.05, 0.1) is 21.4 Å². The van der Waals surface area contributed by atoms with Crippen molar-refractivity contribution in [2.75, 3.05) is 18.4 Å². The van der Waals surface area contributed by atoms with Crippen molar-refractivity contribution in [3.8, 4) is 10.4 Å². The van der Waals surface area contributed by atoms with Crippen molar-refractivity contribution in [1.82, 2.24) is 19.9 Å². The Balaban J connectivity index is 1.39.